The summed E-state index contributed by atoms with van der Waals surface area (Å²) in [5, 5.41) is 12.0. The maximum absolute atomic E-state index is 11.5. The average Bonchev–Trinajstić information content (AvgIpc) is 2.55. The number of rotatable bonds is 4. The fourth-order valence-corrected chi connectivity index (χ4v) is 2.72. The molecular formula is C18H16N2O4. The molecule has 0 bridgehead atoms. The molecule has 0 radical (unpaired) electrons. The molecule has 0 saturated heterocycles. The van der Waals surface area contributed by atoms with E-state index in [1.54, 1.807) is 12.1 Å². The maximum atomic E-state index is 11.5. The molecule has 6 nitrogen and oxygen atoms in total. The van der Waals surface area contributed by atoms with Crippen molar-refractivity contribution in [3.05, 3.63) is 63.8 Å². The summed E-state index contributed by atoms with van der Waals surface area (Å²) in [5.74, 6) is 1.11. The van der Waals surface area contributed by atoms with Crippen LogP contribution in [-0.2, 0) is 0 Å². The lowest BCUT2D eigenvalue weighted by atomic mass is 10.1. The summed E-state index contributed by atoms with van der Waals surface area (Å²) in [4.78, 5) is 15.5. The topological polar surface area (TPSA) is 74.5 Å². The number of fused-ring (bicyclic) bond motifs is 1. The first-order valence-corrected chi connectivity index (χ1v) is 7.37. The first-order valence-electron chi connectivity index (χ1n) is 7.37. The minimum atomic E-state index is -0.477. The highest BCUT2D eigenvalue weighted by atomic mass is 16.6. The second-order valence-electron chi connectivity index (χ2n) is 5.40. The number of benzene rings is 2. The summed E-state index contributed by atoms with van der Waals surface area (Å²) < 4.78 is 11.2. The number of ether oxygens (including phenoxy) is 2. The minimum Gasteiger partial charge on any atom is -0.490 e. The molecule has 0 N–H and O–H groups in total. The quantitative estimate of drug-likeness (QED) is 0.519. The summed E-state index contributed by atoms with van der Waals surface area (Å²) in [6.07, 6.45) is 0. The van der Waals surface area contributed by atoms with E-state index in [4.69, 9.17) is 9.47 Å². The van der Waals surface area contributed by atoms with Crippen LogP contribution in [0.2, 0.25) is 0 Å². The van der Waals surface area contributed by atoms with Crippen molar-refractivity contribution >= 4 is 16.6 Å². The smallest absolute Gasteiger partial charge is 0.315 e. The van der Waals surface area contributed by atoms with E-state index < -0.39 is 4.92 Å². The lowest BCUT2D eigenvalue weighted by Crippen LogP contribution is -2.00. The van der Waals surface area contributed by atoms with Gasteiger partial charge in [-0.15, -0.1) is 0 Å². The average molecular weight is 324 g/mol. The van der Waals surface area contributed by atoms with Crippen LogP contribution in [0.15, 0.2) is 42.5 Å². The van der Waals surface area contributed by atoms with Gasteiger partial charge < -0.3 is 9.47 Å². The number of nitro groups is 1. The van der Waals surface area contributed by atoms with E-state index in [1.165, 1.54) is 13.2 Å². The molecule has 0 amide bonds. The minimum absolute atomic E-state index is 0.148. The summed E-state index contributed by atoms with van der Waals surface area (Å²) >= 11 is 0. The fraction of sp³-hybridized carbons (Fsp3) is 0.167. The van der Waals surface area contributed by atoms with Gasteiger partial charge in [0.25, 0.3) is 0 Å². The Morgan fingerprint density at radius 1 is 1.12 bits per heavy atom. The van der Waals surface area contributed by atoms with Crippen molar-refractivity contribution in [1.29, 1.82) is 0 Å². The molecule has 0 spiro atoms. The number of hydrogen-bond acceptors (Lipinski definition) is 5. The first kappa shape index (κ1) is 15.7. The number of nitro benzene ring substituents is 1. The molecule has 6 heteroatoms. The molecule has 0 aliphatic rings. The van der Waals surface area contributed by atoms with Crippen molar-refractivity contribution in [2.24, 2.45) is 0 Å². The number of hydrogen-bond donors (Lipinski definition) is 0. The number of para-hydroxylation sites is 1. The normalized spacial score (nSPS) is 10.6. The summed E-state index contributed by atoms with van der Waals surface area (Å²) in [6.45, 7) is 3.74. The molecule has 0 aliphatic carbocycles. The third-order valence-corrected chi connectivity index (χ3v) is 3.68. The Hall–Kier alpha value is -3.15. The van der Waals surface area contributed by atoms with Crippen LogP contribution in [0.3, 0.4) is 0 Å². The lowest BCUT2D eigenvalue weighted by molar-refractivity contribution is -0.385. The van der Waals surface area contributed by atoms with Gasteiger partial charge in [0, 0.05) is 5.69 Å². The van der Waals surface area contributed by atoms with E-state index in [9.17, 15) is 10.1 Å². The molecule has 0 atom stereocenters. The number of methoxy groups -OCH3 is 1. The highest BCUT2D eigenvalue weighted by molar-refractivity contribution is 5.96. The van der Waals surface area contributed by atoms with Crippen LogP contribution in [0.1, 0.15) is 11.3 Å². The zero-order chi connectivity index (χ0) is 17.3. The molecule has 0 unspecified atom stereocenters. The van der Waals surface area contributed by atoms with E-state index in [0.29, 0.717) is 22.4 Å². The van der Waals surface area contributed by atoms with E-state index in [1.807, 2.05) is 38.1 Å². The van der Waals surface area contributed by atoms with Crippen LogP contribution in [0.5, 0.6) is 17.2 Å². The highest BCUT2D eigenvalue weighted by Crippen LogP contribution is 2.43. The monoisotopic (exact) mass is 324 g/mol. The molecule has 1 heterocycles. The van der Waals surface area contributed by atoms with E-state index in [0.717, 1.165) is 11.3 Å². The largest absolute Gasteiger partial charge is 0.490 e. The van der Waals surface area contributed by atoms with Gasteiger partial charge in [0.15, 0.2) is 5.75 Å². The van der Waals surface area contributed by atoms with Gasteiger partial charge in [-0.05, 0) is 37.6 Å². The molecule has 2 aromatic carbocycles. The van der Waals surface area contributed by atoms with Crippen LogP contribution < -0.4 is 9.47 Å². The zero-order valence-corrected chi connectivity index (χ0v) is 13.6. The molecule has 122 valence electrons. The standard InChI is InChI=1S/C18H16N2O4/c1-11-9-12(2)19-17-15(24-13-7-5-4-6-8-13)10-14(20(21)22)18(23-3)16(11)17/h4-10H,1-3H3. The van der Waals surface area contributed by atoms with E-state index >= 15 is 0 Å². The molecule has 3 rings (SSSR count). The Labute approximate surface area is 138 Å². The van der Waals surface area contributed by atoms with Gasteiger partial charge in [0.2, 0.25) is 5.75 Å². The van der Waals surface area contributed by atoms with E-state index in [-0.39, 0.29) is 11.4 Å². The van der Waals surface area contributed by atoms with Crippen molar-refractivity contribution in [1.82, 2.24) is 4.98 Å². The van der Waals surface area contributed by atoms with Gasteiger partial charge in [0.1, 0.15) is 11.3 Å². The summed E-state index contributed by atoms with van der Waals surface area (Å²) in [5.41, 5.74) is 2.04. The number of pyridine rings is 1. The number of aromatic nitrogens is 1. The first-order chi connectivity index (χ1) is 11.5. The molecule has 0 saturated carbocycles. The third-order valence-electron chi connectivity index (χ3n) is 3.68. The Kier molecular flexibility index (Phi) is 4.04. The highest BCUT2D eigenvalue weighted by Gasteiger charge is 2.24. The predicted molar refractivity (Wildman–Crippen MR) is 90.9 cm³/mol. The van der Waals surface area contributed by atoms with Gasteiger partial charge in [-0.1, -0.05) is 18.2 Å². The molecule has 0 aliphatic heterocycles. The lowest BCUT2D eigenvalue weighted by Gasteiger charge is -2.14. The fourth-order valence-electron chi connectivity index (χ4n) is 2.72. The van der Waals surface area contributed by atoms with Crippen LogP contribution in [0, 0.1) is 24.0 Å². The SMILES string of the molecule is COc1c([N+](=O)[O-])cc(Oc2ccccc2)c2nc(C)cc(C)c12. The second-order valence-corrected chi connectivity index (χ2v) is 5.40. The van der Waals surface area contributed by atoms with Gasteiger partial charge >= 0.3 is 5.69 Å². The van der Waals surface area contributed by atoms with Crippen LogP contribution in [0.4, 0.5) is 5.69 Å². The van der Waals surface area contributed by atoms with Crippen LogP contribution in [-0.4, -0.2) is 17.0 Å². The predicted octanol–water partition coefficient (Wildman–Crippen LogP) is 4.56. The van der Waals surface area contributed by atoms with Gasteiger partial charge in [-0.2, -0.15) is 0 Å². The van der Waals surface area contributed by atoms with Crippen molar-refractivity contribution in [2.45, 2.75) is 13.8 Å². The van der Waals surface area contributed by atoms with Crippen LogP contribution >= 0.6 is 0 Å². The zero-order valence-electron chi connectivity index (χ0n) is 13.6. The van der Waals surface area contributed by atoms with Crippen molar-refractivity contribution in [3.63, 3.8) is 0 Å². The molecule has 1 aromatic heterocycles. The Balaban J connectivity index is 2.33. The van der Waals surface area contributed by atoms with E-state index in [2.05, 4.69) is 4.98 Å². The molecule has 0 fully saturated rings. The Morgan fingerprint density at radius 3 is 2.46 bits per heavy atom. The third kappa shape index (κ3) is 2.74. The van der Waals surface area contributed by atoms with Gasteiger partial charge in [-0.25, -0.2) is 4.98 Å². The van der Waals surface area contributed by atoms with Crippen molar-refractivity contribution in [2.75, 3.05) is 7.11 Å². The second kappa shape index (κ2) is 6.16. The maximum Gasteiger partial charge on any atom is 0.315 e. The summed E-state index contributed by atoms with van der Waals surface area (Å²) in [6, 6.07) is 12.3. The molecule has 24 heavy (non-hydrogen) atoms. The van der Waals surface area contributed by atoms with Gasteiger partial charge in [0.05, 0.1) is 23.5 Å². The van der Waals surface area contributed by atoms with Crippen LogP contribution in [0.25, 0.3) is 10.9 Å². The number of aryl methyl sites for hydroxylation is 2. The number of nitrogens with zero attached hydrogens (tertiary/aromatic N) is 2. The van der Waals surface area contributed by atoms with Gasteiger partial charge in [-0.3, -0.25) is 10.1 Å². The molecular weight excluding hydrogens is 308 g/mol. The van der Waals surface area contributed by atoms with Crippen molar-refractivity contribution < 1.29 is 14.4 Å². The van der Waals surface area contributed by atoms with Crippen molar-refractivity contribution in [3.8, 4) is 17.2 Å². The Bertz CT molecular complexity index is 923. The summed E-state index contributed by atoms with van der Waals surface area (Å²) in [7, 11) is 1.42. The Morgan fingerprint density at radius 2 is 1.83 bits per heavy atom. The molecule has 3 aromatic rings.